The Kier molecular flexibility index (Phi) is 7.00. The van der Waals surface area contributed by atoms with E-state index in [1.165, 1.54) is 12.8 Å². The van der Waals surface area contributed by atoms with Gasteiger partial charge in [0.25, 0.3) is 0 Å². The zero-order valence-corrected chi connectivity index (χ0v) is 22.4. The van der Waals surface area contributed by atoms with Gasteiger partial charge in [-0.05, 0) is 76.1 Å². The SMILES string of the molecule is COc1cc2c(OCCN3CCCC3)nc3c4cc5c(cc4ccc3c2cc1OCCCN(C)C)OCO5. The molecule has 3 heterocycles. The minimum Gasteiger partial charge on any atom is -0.493 e. The molecule has 2 aliphatic rings. The molecule has 1 saturated heterocycles. The lowest BCUT2D eigenvalue weighted by atomic mass is 10.0. The van der Waals surface area contributed by atoms with Gasteiger partial charge in [0.05, 0.1) is 19.2 Å². The van der Waals surface area contributed by atoms with Crippen molar-refractivity contribution >= 4 is 32.4 Å². The monoisotopic (exact) mass is 517 g/mol. The number of nitrogens with zero attached hydrogens (tertiary/aromatic N) is 3. The van der Waals surface area contributed by atoms with Gasteiger partial charge in [-0.25, -0.2) is 4.98 Å². The summed E-state index contributed by atoms with van der Waals surface area (Å²) in [5, 5.41) is 5.01. The van der Waals surface area contributed by atoms with Crippen LogP contribution in [-0.2, 0) is 0 Å². The van der Waals surface area contributed by atoms with E-state index in [1.54, 1.807) is 7.11 Å². The number of ether oxygens (including phenoxy) is 5. The Bertz CT molecular complexity index is 1470. The molecule has 0 radical (unpaired) electrons. The largest absolute Gasteiger partial charge is 0.493 e. The van der Waals surface area contributed by atoms with E-state index in [0.717, 1.165) is 82.3 Å². The highest BCUT2D eigenvalue weighted by molar-refractivity contribution is 6.17. The predicted octanol–water partition coefficient (Wildman–Crippen LogP) is 5.08. The van der Waals surface area contributed by atoms with E-state index in [2.05, 4.69) is 42.1 Å². The molecule has 0 saturated carbocycles. The van der Waals surface area contributed by atoms with Crippen molar-refractivity contribution in [2.75, 3.05) is 67.4 Å². The van der Waals surface area contributed by atoms with Crippen LogP contribution in [0.25, 0.3) is 32.4 Å². The molecule has 8 nitrogen and oxygen atoms in total. The Balaban J connectivity index is 1.45. The predicted molar refractivity (Wildman–Crippen MR) is 149 cm³/mol. The molecule has 0 amide bonds. The molecule has 38 heavy (non-hydrogen) atoms. The number of benzene rings is 3. The normalized spacial score (nSPS) is 15.3. The molecule has 4 aromatic rings. The molecule has 6 rings (SSSR count). The third kappa shape index (κ3) is 4.86. The van der Waals surface area contributed by atoms with Gasteiger partial charge in [0.2, 0.25) is 12.7 Å². The Morgan fingerprint density at radius 1 is 0.868 bits per heavy atom. The highest BCUT2D eigenvalue weighted by Crippen LogP contribution is 2.43. The number of pyridine rings is 1. The fraction of sp³-hybridized carbons (Fsp3) is 0.433. The van der Waals surface area contributed by atoms with Gasteiger partial charge in [0, 0.05) is 34.6 Å². The first-order valence-corrected chi connectivity index (χ1v) is 13.4. The Morgan fingerprint density at radius 2 is 1.66 bits per heavy atom. The topological polar surface area (TPSA) is 65.5 Å². The second-order valence-corrected chi connectivity index (χ2v) is 10.3. The number of likely N-dealkylation sites (tertiary alicyclic amines) is 1. The van der Waals surface area contributed by atoms with Gasteiger partial charge in [-0.3, -0.25) is 4.90 Å². The maximum Gasteiger partial charge on any atom is 0.231 e. The number of hydrogen-bond donors (Lipinski definition) is 0. The van der Waals surface area contributed by atoms with Crippen molar-refractivity contribution in [2.24, 2.45) is 0 Å². The van der Waals surface area contributed by atoms with Crippen molar-refractivity contribution in [3.8, 4) is 28.9 Å². The van der Waals surface area contributed by atoms with E-state index in [1.807, 2.05) is 18.2 Å². The van der Waals surface area contributed by atoms with Gasteiger partial charge in [-0.1, -0.05) is 12.1 Å². The van der Waals surface area contributed by atoms with Gasteiger partial charge in [-0.15, -0.1) is 0 Å². The molecule has 0 unspecified atom stereocenters. The third-order valence-electron chi connectivity index (χ3n) is 7.37. The van der Waals surface area contributed by atoms with Gasteiger partial charge in [-0.2, -0.15) is 0 Å². The molecular formula is C30H35N3O5. The average Bonchev–Trinajstić information content (AvgIpc) is 3.61. The average molecular weight is 518 g/mol. The minimum atomic E-state index is 0.235. The van der Waals surface area contributed by atoms with Crippen molar-refractivity contribution in [3.63, 3.8) is 0 Å². The molecule has 8 heteroatoms. The minimum absolute atomic E-state index is 0.235. The zero-order valence-electron chi connectivity index (χ0n) is 22.4. The van der Waals surface area contributed by atoms with E-state index in [9.17, 15) is 0 Å². The van der Waals surface area contributed by atoms with Gasteiger partial charge in [0.15, 0.2) is 23.0 Å². The summed E-state index contributed by atoms with van der Waals surface area (Å²) in [4.78, 5) is 9.68. The van der Waals surface area contributed by atoms with Crippen LogP contribution in [0.15, 0.2) is 36.4 Å². The summed E-state index contributed by atoms with van der Waals surface area (Å²) in [5.74, 6) is 3.51. The summed E-state index contributed by atoms with van der Waals surface area (Å²) in [5.41, 5.74) is 0.869. The summed E-state index contributed by atoms with van der Waals surface area (Å²) in [6.07, 6.45) is 3.44. The Morgan fingerprint density at radius 3 is 2.45 bits per heavy atom. The second-order valence-electron chi connectivity index (χ2n) is 10.3. The van der Waals surface area contributed by atoms with E-state index >= 15 is 0 Å². The van der Waals surface area contributed by atoms with Gasteiger partial charge >= 0.3 is 0 Å². The van der Waals surface area contributed by atoms with E-state index in [4.69, 9.17) is 28.7 Å². The van der Waals surface area contributed by atoms with Crippen LogP contribution in [0.4, 0.5) is 0 Å². The standard InChI is InChI=1S/C30H35N3O5/c1-32(2)9-6-13-35-27-17-23-21-8-7-20-15-26-28(38-19-37-26)16-22(20)29(21)31-30(24(23)18-25(27)34-3)36-14-12-33-10-4-5-11-33/h7-8,15-18H,4-6,9-14,19H2,1-3H3. The fourth-order valence-electron chi connectivity index (χ4n) is 5.38. The lowest BCUT2D eigenvalue weighted by molar-refractivity contribution is 0.174. The van der Waals surface area contributed by atoms with E-state index in [0.29, 0.717) is 24.8 Å². The van der Waals surface area contributed by atoms with Crippen LogP contribution in [0.3, 0.4) is 0 Å². The third-order valence-corrected chi connectivity index (χ3v) is 7.37. The number of methoxy groups -OCH3 is 1. The first kappa shape index (κ1) is 24.8. The second kappa shape index (κ2) is 10.7. The highest BCUT2D eigenvalue weighted by Gasteiger charge is 2.20. The number of rotatable bonds is 10. The fourth-order valence-corrected chi connectivity index (χ4v) is 5.38. The summed E-state index contributed by atoms with van der Waals surface area (Å²) < 4.78 is 29.6. The highest BCUT2D eigenvalue weighted by atomic mass is 16.7. The molecule has 1 fully saturated rings. The van der Waals surface area contributed by atoms with Crippen molar-refractivity contribution in [3.05, 3.63) is 36.4 Å². The molecule has 1 aromatic heterocycles. The summed E-state index contributed by atoms with van der Waals surface area (Å²) in [6, 6.07) is 12.3. The summed E-state index contributed by atoms with van der Waals surface area (Å²) in [6.45, 7) is 5.54. The van der Waals surface area contributed by atoms with Gasteiger partial charge in [0.1, 0.15) is 6.61 Å². The van der Waals surface area contributed by atoms with Crippen LogP contribution >= 0.6 is 0 Å². The van der Waals surface area contributed by atoms with Crippen molar-refractivity contribution in [2.45, 2.75) is 19.3 Å². The molecule has 0 atom stereocenters. The molecule has 0 aliphatic carbocycles. The smallest absolute Gasteiger partial charge is 0.231 e. The van der Waals surface area contributed by atoms with Crippen molar-refractivity contribution in [1.29, 1.82) is 0 Å². The van der Waals surface area contributed by atoms with Crippen LogP contribution in [-0.4, -0.2) is 82.2 Å². The van der Waals surface area contributed by atoms with Crippen LogP contribution in [0, 0.1) is 0 Å². The maximum atomic E-state index is 6.38. The Hall–Kier alpha value is -3.49. The zero-order chi connectivity index (χ0) is 26.1. The quantitative estimate of drug-likeness (QED) is 0.213. The van der Waals surface area contributed by atoms with Crippen molar-refractivity contribution < 1.29 is 23.7 Å². The lowest BCUT2D eigenvalue weighted by Crippen LogP contribution is -2.25. The Labute approximate surface area is 223 Å². The molecule has 3 aromatic carbocycles. The molecule has 0 spiro atoms. The van der Waals surface area contributed by atoms with Crippen LogP contribution in [0.5, 0.6) is 28.9 Å². The molecule has 200 valence electrons. The number of fused-ring (bicyclic) bond motifs is 6. The first-order valence-electron chi connectivity index (χ1n) is 13.4. The van der Waals surface area contributed by atoms with Crippen LogP contribution < -0.4 is 23.7 Å². The van der Waals surface area contributed by atoms with E-state index in [-0.39, 0.29) is 6.79 Å². The molecular weight excluding hydrogens is 482 g/mol. The molecule has 0 N–H and O–H groups in total. The number of hydrogen-bond acceptors (Lipinski definition) is 8. The maximum absolute atomic E-state index is 6.38. The van der Waals surface area contributed by atoms with E-state index < -0.39 is 0 Å². The molecule has 0 bridgehead atoms. The summed E-state index contributed by atoms with van der Waals surface area (Å²) in [7, 11) is 5.81. The lowest BCUT2D eigenvalue weighted by Gasteiger charge is -2.18. The van der Waals surface area contributed by atoms with Gasteiger partial charge < -0.3 is 28.6 Å². The first-order chi connectivity index (χ1) is 18.6. The van der Waals surface area contributed by atoms with Crippen molar-refractivity contribution in [1.82, 2.24) is 14.8 Å². The molecule has 2 aliphatic heterocycles. The van der Waals surface area contributed by atoms with Crippen LogP contribution in [0.1, 0.15) is 19.3 Å². The van der Waals surface area contributed by atoms with Crippen LogP contribution in [0.2, 0.25) is 0 Å². The summed E-state index contributed by atoms with van der Waals surface area (Å²) >= 11 is 0. The number of aromatic nitrogens is 1.